The van der Waals surface area contributed by atoms with E-state index in [1.165, 1.54) is 0 Å². The summed E-state index contributed by atoms with van der Waals surface area (Å²) >= 11 is 0. The highest BCUT2D eigenvalue weighted by molar-refractivity contribution is 5.84. The first-order chi connectivity index (χ1) is 17.2. The highest BCUT2D eigenvalue weighted by Gasteiger charge is 2.12. The van der Waals surface area contributed by atoms with Crippen LogP contribution in [0.1, 0.15) is 0 Å². The van der Waals surface area contributed by atoms with E-state index in [4.69, 9.17) is 15.0 Å². The molecule has 3 aromatic heterocycles. The minimum Gasteiger partial charge on any atom is -0.336 e. The summed E-state index contributed by atoms with van der Waals surface area (Å²) < 4.78 is 4.04. The van der Waals surface area contributed by atoms with Crippen LogP contribution in [0, 0.1) is 0 Å². The third kappa shape index (κ3) is 4.15. The lowest BCUT2D eigenvalue weighted by Crippen LogP contribution is -2.15. The van der Waals surface area contributed by atoms with Gasteiger partial charge >= 0.3 is 0 Å². The Morgan fingerprint density at radius 2 is 1.29 bits per heavy atom. The summed E-state index contributed by atoms with van der Waals surface area (Å²) in [4.78, 5) is 14.8. The molecule has 35 heavy (non-hydrogen) atoms. The van der Waals surface area contributed by atoms with Crippen LogP contribution < -0.4 is 5.49 Å². The summed E-state index contributed by atoms with van der Waals surface area (Å²) in [7, 11) is 1.99. The fraction of sp³-hybridized carbons (Fsp3) is 0.0333. The van der Waals surface area contributed by atoms with E-state index in [0.717, 1.165) is 44.6 Å². The van der Waals surface area contributed by atoms with E-state index in [1.807, 2.05) is 89.2 Å². The number of hydrogen-bond acceptors (Lipinski definition) is 3. The quantitative estimate of drug-likeness (QED) is 0.313. The molecule has 0 saturated heterocycles. The zero-order valence-electron chi connectivity index (χ0n) is 19.3. The molecule has 0 spiro atoms. The lowest BCUT2D eigenvalue weighted by atomic mass is 10.1. The van der Waals surface area contributed by atoms with Crippen molar-refractivity contribution >= 4 is 16.6 Å². The van der Waals surface area contributed by atoms with E-state index in [0.29, 0.717) is 5.95 Å². The lowest BCUT2D eigenvalue weighted by molar-refractivity contribution is 0.835. The normalized spacial score (nSPS) is 11.7. The van der Waals surface area contributed by atoms with Gasteiger partial charge in [0.15, 0.2) is 0 Å². The van der Waals surface area contributed by atoms with Crippen molar-refractivity contribution in [3.63, 3.8) is 0 Å². The number of pyridine rings is 1. The van der Waals surface area contributed by atoms with E-state index in [2.05, 4.69) is 48.5 Å². The highest BCUT2D eigenvalue weighted by Crippen LogP contribution is 2.28. The van der Waals surface area contributed by atoms with Gasteiger partial charge in [-0.25, -0.2) is 15.0 Å². The molecule has 0 atom stereocenters. The molecule has 0 N–H and O–H groups in total. The molecule has 3 aromatic carbocycles. The zero-order valence-corrected chi connectivity index (χ0v) is 19.3. The summed E-state index contributed by atoms with van der Waals surface area (Å²) in [6, 6.07) is 36.8. The average molecular weight is 454 g/mol. The fourth-order valence-corrected chi connectivity index (χ4v) is 4.18. The monoisotopic (exact) mass is 453 g/mol. The van der Waals surface area contributed by atoms with Gasteiger partial charge in [0.2, 0.25) is 5.95 Å². The number of benzene rings is 3. The average Bonchev–Trinajstić information content (AvgIpc) is 3.34. The van der Waals surface area contributed by atoms with Gasteiger partial charge in [-0.05, 0) is 36.4 Å². The van der Waals surface area contributed by atoms with Gasteiger partial charge in [-0.2, -0.15) is 0 Å². The largest absolute Gasteiger partial charge is 0.336 e. The Balaban J connectivity index is 1.54. The van der Waals surface area contributed by atoms with Crippen molar-refractivity contribution in [1.29, 1.82) is 0 Å². The van der Waals surface area contributed by atoms with Gasteiger partial charge in [-0.1, -0.05) is 72.8 Å². The SMILES string of the molecule is Cn1cccc/c1=N/c1ccc2ccn(-c3nc(-c4ccccc4)cc(-c4ccccc4)n3)c2c1. The number of rotatable bonds is 4. The number of hydrogen-bond donors (Lipinski definition) is 0. The predicted molar refractivity (Wildman–Crippen MR) is 140 cm³/mol. The topological polar surface area (TPSA) is 48.0 Å². The van der Waals surface area contributed by atoms with Crippen molar-refractivity contribution in [3.8, 4) is 28.5 Å². The van der Waals surface area contributed by atoms with Crippen LogP contribution in [0.15, 0.2) is 127 Å². The van der Waals surface area contributed by atoms with Crippen molar-refractivity contribution < 1.29 is 0 Å². The summed E-state index contributed by atoms with van der Waals surface area (Å²) in [6.07, 6.45) is 4.02. The number of aromatic nitrogens is 4. The molecule has 168 valence electrons. The molecule has 5 nitrogen and oxygen atoms in total. The molecular weight excluding hydrogens is 430 g/mol. The Morgan fingerprint density at radius 3 is 1.94 bits per heavy atom. The predicted octanol–water partition coefficient (Wildman–Crippen LogP) is 6.33. The standard InChI is InChI=1S/C30H23N5/c1-34-18-9-8-14-29(34)31-25-16-15-24-17-19-35(28(24)20-25)30-32-26(22-10-4-2-5-11-22)21-27(33-30)23-12-6-3-7-13-23/h2-21H,1H3/b31-29-. The Kier molecular flexibility index (Phi) is 5.28. The van der Waals surface area contributed by atoms with Gasteiger partial charge in [0.05, 0.1) is 22.6 Å². The number of nitrogens with zero attached hydrogens (tertiary/aromatic N) is 5. The van der Waals surface area contributed by atoms with Crippen LogP contribution in [0.4, 0.5) is 5.69 Å². The van der Waals surface area contributed by atoms with Crippen molar-refractivity contribution in [3.05, 3.63) is 127 Å². The molecule has 3 heterocycles. The minimum absolute atomic E-state index is 0.627. The second-order valence-electron chi connectivity index (χ2n) is 8.38. The van der Waals surface area contributed by atoms with Crippen LogP contribution in [0.3, 0.4) is 0 Å². The van der Waals surface area contributed by atoms with E-state index in [9.17, 15) is 0 Å². The van der Waals surface area contributed by atoms with E-state index >= 15 is 0 Å². The van der Waals surface area contributed by atoms with Gasteiger partial charge in [0, 0.05) is 36.0 Å². The molecule has 0 amide bonds. The third-order valence-corrected chi connectivity index (χ3v) is 6.02. The number of aryl methyl sites for hydroxylation is 1. The molecule has 0 fully saturated rings. The summed E-state index contributed by atoms with van der Waals surface area (Å²) in [5, 5.41) is 1.11. The van der Waals surface area contributed by atoms with Gasteiger partial charge < -0.3 is 4.57 Å². The van der Waals surface area contributed by atoms with Crippen LogP contribution in [0.25, 0.3) is 39.4 Å². The first-order valence-corrected chi connectivity index (χ1v) is 11.5. The summed E-state index contributed by atoms with van der Waals surface area (Å²) in [6.45, 7) is 0. The molecule has 0 bridgehead atoms. The van der Waals surface area contributed by atoms with Crippen LogP contribution in [-0.2, 0) is 7.05 Å². The van der Waals surface area contributed by atoms with Crippen LogP contribution >= 0.6 is 0 Å². The van der Waals surface area contributed by atoms with E-state index in [1.54, 1.807) is 0 Å². The summed E-state index contributed by atoms with van der Waals surface area (Å²) in [5.41, 5.74) is 6.64. The van der Waals surface area contributed by atoms with Gasteiger partial charge in [0.25, 0.3) is 0 Å². The third-order valence-electron chi connectivity index (χ3n) is 6.02. The van der Waals surface area contributed by atoms with E-state index < -0.39 is 0 Å². The maximum Gasteiger partial charge on any atom is 0.235 e. The van der Waals surface area contributed by atoms with Gasteiger partial charge in [-0.3, -0.25) is 4.57 Å². The van der Waals surface area contributed by atoms with Crippen LogP contribution in [0.2, 0.25) is 0 Å². The fourth-order valence-electron chi connectivity index (χ4n) is 4.18. The Labute approximate surface area is 203 Å². The van der Waals surface area contributed by atoms with Crippen molar-refractivity contribution in [2.45, 2.75) is 0 Å². The highest BCUT2D eigenvalue weighted by atomic mass is 15.1. The smallest absolute Gasteiger partial charge is 0.235 e. The molecule has 6 aromatic rings. The Hall–Kier alpha value is -4.77. The van der Waals surface area contributed by atoms with E-state index in [-0.39, 0.29) is 0 Å². The molecular formula is C30H23N5. The van der Waals surface area contributed by atoms with Gasteiger partial charge in [0.1, 0.15) is 5.49 Å². The van der Waals surface area contributed by atoms with Crippen LogP contribution in [0.5, 0.6) is 0 Å². The van der Waals surface area contributed by atoms with Crippen molar-refractivity contribution in [2.75, 3.05) is 0 Å². The molecule has 0 unspecified atom stereocenters. The first-order valence-electron chi connectivity index (χ1n) is 11.5. The maximum absolute atomic E-state index is 4.97. The molecule has 6 rings (SSSR count). The lowest BCUT2D eigenvalue weighted by Gasteiger charge is -2.11. The Bertz CT molecular complexity index is 1640. The number of fused-ring (bicyclic) bond motifs is 1. The van der Waals surface area contributed by atoms with Gasteiger partial charge in [-0.15, -0.1) is 0 Å². The second kappa shape index (κ2) is 8.88. The minimum atomic E-state index is 0.627. The van der Waals surface area contributed by atoms with Crippen molar-refractivity contribution in [1.82, 2.24) is 19.1 Å². The summed E-state index contributed by atoms with van der Waals surface area (Å²) in [5.74, 6) is 0.627. The second-order valence-corrected chi connectivity index (χ2v) is 8.38. The zero-order chi connectivity index (χ0) is 23.6. The van der Waals surface area contributed by atoms with Crippen molar-refractivity contribution in [2.24, 2.45) is 12.0 Å². The maximum atomic E-state index is 4.97. The molecule has 0 radical (unpaired) electrons. The Morgan fingerprint density at radius 1 is 0.629 bits per heavy atom. The molecule has 0 aliphatic rings. The molecule has 0 aliphatic heterocycles. The molecule has 5 heteroatoms. The molecule has 0 aliphatic carbocycles. The molecule has 0 saturated carbocycles. The van der Waals surface area contributed by atoms with Crippen LogP contribution in [-0.4, -0.2) is 19.1 Å². The first kappa shape index (κ1) is 20.8.